The highest BCUT2D eigenvalue weighted by Gasteiger charge is 2.61. The summed E-state index contributed by atoms with van der Waals surface area (Å²) in [6.07, 6.45) is 3.11. The molecule has 0 aliphatic heterocycles. The third-order valence-electron chi connectivity index (χ3n) is 3.83. The molecule has 1 nitrogen and oxygen atoms in total. The van der Waals surface area contributed by atoms with Crippen LogP contribution >= 0.6 is 0 Å². The molecule has 0 saturated heterocycles. The van der Waals surface area contributed by atoms with Crippen LogP contribution in [0.3, 0.4) is 0 Å². The zero-order chi connectivity index (χ0) is 14.8. The Kier molecular flexibility index (Phi) is 5.77. The first-order valence-corrected chi connectivity index (χ1v) is 22.4. The summed E-state index contributed by atoms with van der Waals surface area (Å²) in [5, 5.41) is 0. The van der Waals surface area contributed by atoms with E-state index in [1.807, 2.05) is 6.92 Å². The highest BCUT2D eigenvalue weighted by Crippen LogP contribution is 2.36. The van der Waals surface area contributed by atoms with Gasteiger partial charge in [-0.3, -0.25) is 0 Å². The van der Waals surface area contributed by atoms with Gasteiger partial charge in [-0.2, -0.15) is 0 Å². The minimum Gasteiger partial charge on any atom is -0.447 e. The van der Waals surface area contributed by atoms with Crippen molar-refractivity contribution >= 4 is 29.4 Å². The Bertz CT molecular complexity index is 297. The summed E-state index contributed by atoms with van der Waals surface area (Å²) in [4.78, 5) is 0. The van der Waals surface area contributed by atoms with Gasteiger partial charge in [0.15, 0.2) is 0 Å². The number of hydrogen-bond acceptors (Lipinski definition) is 1. The van der Waals surface area contributed by atoms with E-state index in [0.717, 1.165) is 0 Å². The smallest absolute Gasteiger partial charge is 0.118 e. The van der Waals surface area contributed by atoms with Gasteiger partial charge in [-0.1, -0.05) is 64.5 Å². The van der Waals surface area contributed by atoms with Crippen LogP contribution < -0.4 is 0 Å². The molecule has 5 heteroatoms. The minimum atomic E-state index is -1.51. The zero-order valence-electron chi connectivity index (χ0n) is 14.1. The van der Waals surface area contributed by atoms with Gasteiger partial charge in [-0.05, 0) is 6.92 Å². The third kappa shape index (κ3) is 3.41. The summed E-state index contributed by atoms with van der Waals surface area (Å²) >= 11 is 0. The van der Waals surface area contributed by atoms with Gasteiger partial charge in [0.1, 0.15) is 12.7 Å². The Hall–Kier alpha value is 0.228. The molecule has 0 aromatic heterocycles. The molecule has 0 N–H and O–H groups in total. The van der Waals surface area contributed by atoms with Crippen molar-refractivity contribution in [2.24, 2.45) is 0 Å². The first kappa shape index (κ1) is 18.2. The lowest BCUT2D eigenvalue weighted by atomic mass is 10.9. The Balaban J connectivity index is 6.04. The molecule has 0 rings (SSSR count). The molecule has 0 aromatic carbocycles. The minimum absolute atomic E-state index is 0.709. The zero-order valence-corrected chi connectivity index (χ0v) is 18.1. The van der Waals surface area contributed by atoms with Crippen molar-refractivity contribution in [3.63, 3.8) is 0 Å². The molecule has 0 atom stereocenters. The molecule has 0 heterocycles. The summed E-state index contributed by atoms with van der Waals surface area (Å²) in [7, 11) is -3.75. The maximum Gasteiger partial charge on any atom is 0.118 e. The van der Waals surface area contributed by atoms with Gasteiger partial charge >= 0.3 is 0 Å². The van der Waals surface area contributed by atoms with Gasteiger partial charge in [0, 0.05) is 22.8 Å². The van der Waals surface area contributed by atoms with E-state index in [1.165, 1.54) is 0 Å². The first-order chi connectivity index (χ1) is 7.81. The first-order valence-electron chi connectivity index (χ1n) is 6.95. The molecule has 0 radical (unpaired) electrons. The fourth-order valence-electron chi connectivity index (χ4n) is 4.12. The van der Waals surface area contributed by atoms with Crippen molar-refractivity contribution in [2.45, 2.75) is 65.8 Å². The van der Waals surface area contributed by atoms with Crippen molar-refractivity contribution < 1.29 is 4.74 Å². The van der Waals surface area contributed by atoms with Crippen LogP contribution in [0.1, 0.15) is 6.92 Å². The fourth-order valence-corrected chi connectivity index (χ4v) is 97.1. The highest BCUT2D eigenvalue weighted by atomic mass is 29.9. The molecule has 0 spiro atoms. The predicted octanol–water partition coefficient (Wildman–Crippen LogP) is 4.22. The van der Waals surface area contributed by atoms with E-state index in [9.17, 15) is 0 Å². The average Bonchev–Trinajstić information content (AvgIpc) is 2.05. The van der Waals surface area contributed by atoms with Crippen LogP contribution in [0.4, 0.5) is 0 Å². The van der Waals surface area contributed by atoms with Gasteiger partial charge in [0.2, 0.25) is 0 Å². The van der Waals surface area contributed by atoms with Crippen molar-refractivity contribution in [1.29, 1.82) is 0 Å². The Morgan fingerprint density at radius 3 is 1.28 bits per heavy atom. The normalized spacial score (nSPS) is 13.9. The van der Waals surface area contributed by atoms with Gasteiger partial charge in [-0.25, -0.2) is 0 Å². The lowest BCUT2D eigenvalue weighted by molar-refractivity contribution is 0.299. The SMILES string of the molecule is CCOC#C[Si]([Si](C)(C)C)([Si](C)(C)C)[Si](C)(C)C. The standard InChI is InChI=1S/C13H32OSi4/c1-11-14-12-13-18(15(2,3)4,16(5,6)7)17(8,9)10/h11H2,1-10H3. The third-order valence-corrected chi connectivity index (χ3v) is 72.9. The van der Waals surface area contributed by atoms with Crippen molar-refractivity contribution in [2.75, 3.05) is 6.61 Å². The van der Waals surface area contributed by atoms with E-state index in [2.05, 4.69) is 70.6 Å². The van der Waals surface area contributed by atoms with Crippen LogP contribution in [0.5, 0.6) is 0 Å². The van der Waals surface area contributed by atoms with Gasteiger partial charge in [0.25, 0.3) is 0 Å². The van der Waals surface area contributed by atoms with E-state index in [4.69, 9.17) is 4.74 Å². The van der Waals surface area contributed by atoms with Crippen LogP contribution in [0.15, 0.2) is 0 Å². The molecule has 0 amide bonds. The Labute approximate surface area is 118 Å². The largest absolute Gasteiger partial charge is 0.447 e. The van der Waals surface area contributed by atoms with E-state index in [0.29, 0.717) is 6.61 Å². The Morgan fingerprint density at radius 2 is 1.06 bits per heavy atom. The number of ether oxygens (including phenoxy) is 1. The fraction of sp³-hybridized carbons (Fsp3) is 0.846. The molecular weight excluding hydrogens is 284 g/mol. The molecule has 0 aliphatic rings. The topological polar surface area (TPSA) is 9.23 Å². The molecule has 0 aromatic rings. The molecule has 0 bridgehead atoms. The van der Waals surface area contributed by atoms with Gasteiger partial charge in [-0.15, -0.1) is 0 Å². The second-order valence-corrected chi connectivity index (χ2v) is 48.2. The lowest BCUT2D eigenvalue weighted by Crippen LogP contribution is -2.82. The van der Waals surface area contributed by atoms with E-state index >= 15 is 0 Å². The van der Waals surface area contributed by atoms with E-state index in [-0.39, 0.29) is 0 Å². The van der Waals surface area contributed by atoms with Crippen LogP contribution in [0.25, 0.3) is 0 Å². The second-order valence-electron chi connectivity index (χ2n) is 8.16. The van der Waals surface area contributed by atoms with Crippen LogP contribution in [0, 0.1) is 11.7 Å². The summed E-state index contributed by atoms with van der Waals surface area (Å²) in [6, 6.07) is 0. The van der Waals surface area contributed by atoms with Crippen LogP contribution in [0.2, 0.25) is 58.9 Å². The molecule has 0 fully saturated rings. The number of hydrogen-bond donors (Lipinski definition) is 0. The molecule has 106 valence electrons. The second kappa shape index (κ2) is 5.69. The lowest BCUT2D eigenvalue weighted by Gasteiger charge is -2.53. The van der Waals surface area contributed by atoms with Crippen molar-refractivity contribution in [1.82, 2.24) is 0 Å². The summed E-state index contributed by atoms with van der Waals surface area (Å²) < 4.78 is 5.41. The van der Waals surface area contributed by atoms with Gasteiger partial charge in [0.05, 0.1) is 6.61 Å². The maximum absolute atomic E-state index is 5.41. The van der Waals surface area contributed by atoms with E-state index in [1.54, 1.807) is 0 Å². The average molecular weight is 317 g/mol. The van der Waals surface area contributed by atoms with E-state index < -0.39 is 29.4 Å². The monoisotopic (exact) mass is 316 g/mol. The summed E-state index contributed by atoms with van der Waals surface area (Å²) in [5.41, 5.74) is 3.81. The Morgan fingerprint density at radius 1 is 0.722 bits per heavy atom. The summed E-state index contributed by atoms with van der Waals surface area (Å²) in [6.45, 7) is 24.2. The predicted molar refractivity (Wildman–Crippen MR) is 95.2 cm³/mol. The maximum atomic E-state index is 5.41. The molecule has 0 unspecified atom stereocenters. The molecule has 0 aliphatic carbocycles. The molecule has 18 heavy (non-hydrogen) atoms. The van der Waals surface area contributed by atoms with Crippen molar-refractivity contribution in [3.8, 4) is 11.7 Å². The summed E-state index contributed by atoms with van der Waals surface area (Å²) in [5.74, 6) is 0. The highest BCUT2D eigenvalue weighted by molar-refractivity contribution is 7.91. The van der Waals surface area contributed by atoms with Crippen LogP contribution in [-0.2, 0) is 4.74 Å². The quantitative estimate of drug-likeness (QED) is 0.557. The van der Waals surface area contributed by atoms with Crippen molar-refractivity contribution in [3.05, 3.63) is 0 Å². The van der Waals surface area contributed by atoms with Crippen LogP contribution in [-0.4, -0.2) is 36.0 Å². The molecule has 0 saturated carbocycles. The molecular formula is C13H32OSi4. The van der Waals surface area contributed by atoms with Gasteiger partial charge < -0.3 is 4.74 Å². The number of rotatable bonds is 4.